The summed E-state index contributed by atoms with van der Waals surface area (Å²) in [5.41, 5.74) is 3.28. The van der Waals surface area contributed by atoms with Gasteiger partial charge in [0.05, 0.1) is 18.3 Å². The molecule has 0 saturated carbocycles. The van der Waals surface area contributed by atoms with Crippen molar-refractivity contribution in [2.24, 2.45) is 7.05 Å². The van der Waals surface area contributed by atoms with Crippen molar-refractivity contribution < 1.29 is 9.53 Å². The lowest BCUT2D eigenvalue weighted by atomic mass is 10.2. The maximum absolute atomic E-state index is 13.1. The summed E-state index contributed by atoms with van der Waals surface area (Å²) in [5, 5.41) is 16.1. The standard InChI is InChI=1S/C21H25N11O2/c1-4-31-12(2)14(9-24-31)18-25-17-19(29(18)3)22-11-23-20(17)34-13-7-8-30(10-13)21(33)15-5-6-16-26-27-28-32(15)16/h9,11,13,15H,4-8,10H2,1-3H3. The Bertz CT molecular complexity index is 1390. The quantitative estimate of drug-likeness (QED) is 0.419. The molecule has 6 heterocycles. The fraction of sp³-hybridized carbons (Fsp3) is 0.524. The van der Waals surface area contributed by atoms with E-state index in [2.05, 4.69) is 37.5 Å². The first-order chi connectivity index (χ1) is 16.5. The van der Waals surface area contributed by atoms with Crippen LogP contribution in [0.3, 0.4) is 0 Å². The van der Waals surface area contributed by atoms with Gasteiger partial charge in [-0.3, -0.25) is 9.48 Å². The van der Waals surface area contributed by atoms with E-state index in [0.717, 1.165) is 35.9 Å². The van der Waals surface area contributed by atoms with Crippen molar-refractivity contribution in [3.8, 4) is 17.3 Å². The molecular formula is C21H25N11O2. The topological polar surface area (TPSA) is 135 Å². The first-order valence-electron chi connectivity index (χ1n) is 11.5. The van der Waals surface area contributed by atoms with Crippen LogP contribution in [0.25, 0.3) is 22.6 Å². The van der Waals surface area contributed by atoms with Crippen molar-refractivity contribution in [3.05, 3.63) is 24.0 Å². The van der Waals surface area contributed by atoms with Crippen molar-refractivity contribution in [2.45, 2.75) is 51.8 Å². The van der Waals surface area contributed by atoms with E-state index in [9.17, 15) is 4.79 Å². The van der Waals surface area contributed by atoms with Crippen molar-refractivity contribution in [2.75, 3.05) is 13.1 Å². The van der Waals surface area contributed by atoms with Gasteiger partial charge in [0.15, 0.2) is 17.0 Å². The zero-order valence-corrected chi connectivity index (χ0v) is 19.3. The summed E-state index contributed by atoms with van der Waals surface area (Å²) < 4.78 is 11.8. The molecule has 1 saturated heterocycles. The second-order valence-corrected chi connectivity index (χ2v) is 8.71. The summed E-state index contributed by atoms with van der Waals surface area (Å²) in [6.07, 6.45) is 5.28. The number of imidazole rings is 1. The molecule has 4 aromatic heterocycles. The van der Waals surface area contributed by atoms with Crippen molar-refractivity contribution >= 4 is 17.1 Å². The number of tetrazole rings is 1. The van der Waals surface area contributed by atoms with Gasteiger partial charge in [-0.15, -0.1) is 5.10 Å². The normalized spacial score (nSPS) is 19.8. The van der Waals surface area contributed by atoms with Crippen molar-refractivity contribution in [3.63, 3.8) is 0 Å². The number of fused-ring (bicyclic) bond motifs is 2. The number of hydrogen-bond acceptors (Lipinski definition) is 9. The number of ether oxygens (including phenoxy) is 1. The van der Waals surface area contributed by atoms with Gasteiger partial charge in [0.1, 0.15) is 24.3 Å². The van der Waals surface area contributed by atoms with Gasteiger partial charge in [0.25, 0.3) is 0 Å². The lowest BCUT2D eigenvalue weighted by molar-refractivity contribution is -0.134. The Kier molecular flexibility index (Phi) is 4.78. The average Bonchev–Trinajstić information content (AvgIpc) is 3.63. The predicted octanol–water partition coefficient (Wildman–Crippen LogP) is 0.709. The molecule has 2 aliphatic heterocycles. The Morgan fingerprint density at radius 1 is 1.26 bits per heavy atom. The van der Waals surface area contributed by atoms with Crippen LogP contribution in [0.5, 0.6) is 5.88 Å². The highest BCUT2D eigenvalue weighted by Gasteiger charge is 2.37. The zero-order valence-electron chi connectivity index (χ0n) is 19.3. The molecule has 1 fully saturated rings. The maximum Gasteiger partial charge on any atom is 0.247 e. The maximum atomic E-state index is 13.1. The number of hydrogen-bond donors (Lipinski definition) is 0. The molecule has 0 aromatic carbocycles. The lowest BCUT2D eigenvalue weighted by Crippen LogP contribution is -2.36. The monoisotopic (exact) mass is 463 g/mol. The molecule has 2 unspecified atom stereocenters. The van der Waals surface area contributed by atoms with Crippen LogP contribution in [0.2, 0.25) is 0 Å². The first-order valence-corrected chi connectivity index (χ1v) is 11.5. The molecule has 0 N–H and O–H groups in total. The molecule has 2 atom stereocenters. The Morgan fingerprint density at radius 2 is 2.15 bits per heavy atom. The van der Waals surface area contributed by atoms with Crippen molar-refractivity contribution in [1.29, 1.82) is 0 Å². The molecule has 0 aliphatic carbocycles. The summed E-state index contributed by atoms with van der Waals surface area (Å²) >= 11 is 0. The Hall–Kier alpha value is -3.90. The second kappa shape index (κ2) is 7.85. The summed E-state index contributed by atoms with van der Waals surface area (Å²) in [4.78, 5) is 28.5. The number of aryl methyl sites for hydroxylation is 3. The minimum absolute atomic E-state index is 0.0357. The molecule has 13 heteroatoms. The van der Waals surface area contributed by atoms with Gasteiger partial charge in [0.2, 0.25) is 11.8 Å². The van der Waals surface area contributed by atoms with Crippen LogP contribution in [-0.2, 0) is 24.8 Å². The third kappa shape index (κ3) is 3.14. The molecule has 6 rings (SSSR count). The fourth-order valence-corrected chi connectivity index (χ4v) is 4.92. The summed E-state index contributed by atoms with van der Waals surface area (Å²) in [6, 6.07) is -0.333. The van der Waals surface area contributed by atoms with Crippen LogP contribution >= 0.6 is 0 Å². The zero-order chi connectivity index (χ0) is 23.4. The molecule has 13 nitrogen and oxygen atoms in total. The highest BCUT2D eigenvalue weighted by Crippen LogP contribution is 2.31. The van der Waals surface area contributed by atoms with E-state index in [1.54, 1.807) is 4.68 Å². The van der Waals surface area contributed by atoms with Crippen LogP contribution in [0.1, 0.15) is 37.3 Å². The lowest BCUT2D eigenvalue weighted by Gasteiger charge is -2.20. The number of carbonyl (C=O) groups excluding carboxylic acids is 1. The number of rotatable bonds is 5. The smallest absolute Gasteiger partial charge is 0.247 e. The molecule has 176 valence electrons. The van der Waals surface area contributed by atoms with Crippen LogP contribution < -0.4 is 4.74 Å². The predicted molar refractivity (Wildman–Crippen MR) is 119 cm³/mol. The van der Waals surface area contributed by atoms with Gasteiger partial charge >= 0.3 is 0 Å². The number of amides is 1. The molecule has 0 spiro atoms. The van der Waals surface area contributed by atoms with E-state index in [0.29, 0.717) is 43.0 Å². The highest BCUT2D eigenvalue weighted by atomic mass is 16.5. The molecule has 0 radical (unpaired) electrons. The van der Waals surface area contributed by atoms with E-state index >= 15 is 0 Å². The van der Waals surface area contributed by atoms with Gasteiger partial charge in [-0.05, 0) is 30.7 Å². The van der Waals surface area contributed by atoms with Crippen molar-refractivity contribution in [1.82, 2.24) is 54.4 Å². The Balaban J connectivity index is 1.22. The van der Waals surface area contributed by atoms with E-state index in [-0.39, 0.29) is 18.1 Å². The van der Waals surface area contributed by atoms with E-state index in [1.165, 1.54) is 6.33 Å². The number of aromatic nitrogens is 10. The number of carbonyl (C=O) groups is 1. The van der Waals surface area contributed by atoms with E-state index < -0.39 is 0 Å². The first kappa shape index (κ1) is 20.7. The molecule has 34 heavy (non-hydrogen) atoms. The SMILES string of the molecule is CCn1ncc(-c2nc3c(OC4CCN(C(=O)C5CCc6nnnn65)C4)ncnc3n2C)c1C. The van der Waals surface area contributed by atoms with E-state index in [4.69, 9.17) is 9.72 Å². The van der Waals surface area contributed by atoms with Gasteiger partial charge in [0, 0.05) is 38.7 Å². The number of nitrogens with zero attached hydrogens (tertiary/aromatic N) is 11. The van der Waals surface area contributed by atoms with Crippen LogP contribution in [-0.4, -0.2) is 79.5 Å². The molecular weight excluding hydrogens is 438 g/mol. The molecule has 4 aromatic rings. The second-order valence-electron chi connectivity index (χ2n) is 8.71. The molecule has 2 aliphatic rings. The third-order valence-electron chi connectivity index (χ3n) is 6.78. The summed E-state index contributed by atoms with van der Waals surface area (Å²) in [6.45, 7) is 5.98. The van der Waals surface area contributed by atoms with Crippen LogP contribution in [0.4, 0.5) is 0 Å². The van der Waals surface area contributed by atoms with Gasteiger partial charge in [-0.1, -0.05) is 0 Å². The Morgan fingerprint density at radius 3 is 2.97 bits per heavy atom. The average molecular weight is 464 g/mol. The molecule has 1 amide bonds. The highest BCUT2D eigenvalue weighted by molar-refractivity contribution is 5.82. The van der Waals surface area contributed by atoms with Gasteiger partial charge in [-0.2, -0.15) is 10.1 Å². The molecule has 0 bridgehead atoms. The Labute approximate surface area is 194 Å². The van der Waals surface area contributed by atoms with E-state index in [1.807, 2.05) is 34.3 Å². The largest absolute Gasteiger partial charge is 0.471 e. The van der Waals surface area contributed by atoms with Crippen LogP contribution in [0, 0.1) is 6.92 Å². The minimum atomic E-state index is -0.333. The van der Waals surface area contributed by atoms with Crippen LogP contribution in [0.15, 0.2) is 12.5 Å². The third-order valence-corrected chi connectivity index (χ3v) is 6.78. The van der Waals surface area contributed by atoms with Gasteiger partial charge < -0.3 is 14.2 Å². The fourth-order valence-electron chi connectivity index (χ4n) is 4.92. The van der Waals surface area contributed by atoms with Gasteiger partial charge in [-0.25, -0.2) is 14.6 Å². The summed E-state index contributed by atoms with van der Waals surface area (Å²) in [5.74, 6) is 1.99. The summed E-state index contributed by atoms with van der Waals surface area (Å²) in [7, 11) is 1.93. The minimum Gasteiger partial charge on any atom is -0.471 e. The number of likely N-dealkylation sites (tertiary alicyclic amines) is 1.